The molecule has 7 nitrogen and oxygen atoms in total. The molecule has 9 heteroatoms. The van der Waals surface area contributed by atoms with E-state index in [1.807, 2.05) is 13.8 Å². The van der Waals surface area contributed by atoms with Crippen LogP contribution in [0.1, 0.15) is 32.6 Å². The number of hydrogen-bond acceptors (Lipinski definition) is 5. The van der Waals surface area contributed by atoms with Gasteiger partial charge in [0.2, 0.25) is 10.0 Å². The Kier molecular flexibility index (Phi) is 5.61. The standard InChI is InChI=1S/C14H19ClN4O3S/c1-4-19-13(16-17-14(19)22-5-2)10(3)18-23(20,21)12-8-6-7-11(15)9-12/h6-10,18H,4-5H2,1-3H3/t10-/m1/s1. The van der Waals surface area contributed by atoms with Gasteiger partial charge in [-0.3, -0.25) is 4.57 Å². The van der Waals surface area contributed by atoms with Crippen LogP contribution in [0.5, 0.6) is 6.01 Å². The topological polar surface area (TPSA) is 86.1 Å². The summed E-state index contributed by atoms with van der Waals surface area (Å²) < 4.78 is 34.6. The zero-order valence-electron chi connectivity index (χ0n) is 13.2. The molecule has 126 valence electrons. The molecule has 1 aromatic heterocycles. The van der Waals surface area contributed by atoms with E-state index in [1.54, 1.807) is 23.6 Å². The van der Waals surface area contributed by atoms with E-state index in [9.17, 15) is 8.42 Å². The smallest absolute Gasteiger partial charge is 0.316 e. The first-order valence-corrected chi connectivity index (χ1v) is 9.09. The Morgan fingerprint density at radius 3 is 2.70 bits per heavy atom. The maximum absolute atomic E-state index is 12.4. The number of halogens is 1. The van der Waals surface area contributed by atoms with E-state index in [1.165, 1.54) is 12.1 Å². The van der Waals surface area contributed by atoms with Crippen molar-refractivity contribution in [3.05, 3.63) is 35.1 Å². The average Bonchev–Trinajstić information content (AvgIpc) is 2.90. The van der Waals surface area contributed by atoms with Crippen molar-refractivity contribution < 1.29 is 13.2 Å². The van der Waals surface area contributed by atoms with Gasteiger partial charge in [-0.05, 0) is 39.0 Å². The molecule has 1 atom stereocenters. The third-order valence-electron chi connectivity index (χ3n) is 3.16. The van der Waals surface area contributed by atoms with Gasteiger partial charge in [0.1, 0.15) is 0 Å². The van der Waals surface area contributed by atoms with Crippen molar-refractivity contribution in [1.29, 1.82) is 0 Å². The molecule has 0 spiro atoms. The molecule has 0 fully saturated rings. The summed E-state index contributed by atoms with van der Waals surface area (Å²) in [4.78, 5) is 0.101. The Labute approximate surface area is 140 Å². The SMILES string of the molecule is CCOc1nnc([C@@H](C)NS(=O)(=O)c2cccc(Cl)c2)n1CC. The second-order valence-corrected chi connectivity index (χ2v) is 6.97. The fraction of sp³-hybridized carbons (Fsp3) is 0.429. The van der Waals surface area contributed by atoms with Gasteiger partial charge < -0.3 is 4.74 Å². The number of ether oxygens (including phenoxy) is 1. The molecular weight excluding hydrogens is 340 g/mol. The molecule has 0 bridgehead atoms. The summed E-state index contributed by atoms with van der Waals surface area (Å²) in [5.41, 5.74) is 0. The van der Waals surface area contributed by atoms with Crippen molar-refractivity contribution >= 4 is 21.6 Å². The minimum atomic E-state index is -3.71. The zero-order chi connectivity index (χ0) is 17.0. The van der Waals surface area contributed by atoms with Gasteiger partial charge in [0.05, 0.1) is 17.5 Å². The van der Waals surface area contributed by atoms with Crippen molar-refractivity contribution in [3.8, 4) is 6.01 Å². The number of nitrogens with one attached hydrogen (secondary N) is 1. The van der Waals surface area contributed by atoms with Crippen LogP contribution >= 0.6 is 11.6 Å². The lowest BCUT2D eigenvalue weighted by molar-refractivity contribution is 0.294. The predicted molar refractivity (Wildman–Crippen MR) is 87.1 cm³/mol. The van der Waals surface area contributed by atoms with E-state index in [2.05, 4.69) is 14.9 Å². The minimum Gasteiger partial charge on any atom is -0.464 e. The molecule has 23 heavy (non-hydrogen) atoms. The summed E-state index contributed by atoms with van der Waals surface area (Å²) in [7, 11) is -3.71. The van der Waals surface area contributed by atoms with Crippen LogP contribution in [0.25, 0.3) is 0 Å². The van der Waals surface area contributed by atoms with Crippen LogP contribution in [-0.2, 0) is 16.6 Å². The molecule has 2 rings (SSSR count). The van der Waals surface area contributed by atoms with Crippen LogP contribution < -0.4 is 9.46 Å². The number of aromatic nitrogens is 3. The van der Waals surface area contributed by atoms with Gasteiger partial charge in [0, 0.05) is 11.6 Å². The van der Waals surface area contributed by atoms with Gasteiger partial charge in [0.15, 0.2) is 5.82 Å². The van der Waals surface area contributed by atoms with Crippen molar-refractivity contribution in [2.45, 2.75) is 38.3 Å². The lowest BCUT2D eigenvalue weighted by Crippen LogP contribution is -2.29. The van der Waals surface area contributed by atoms with Crippen molar-refractivity contribution in [2.75, 3.05) is 6.61 Å². The van der Waals surface area contributed by atoms with Gasteiger partial charge in [-0.1, -0.05) is 22.8 Å². The Morgan fingerprint density at radius 2 is 2.09 bits per heavy atom. The van der Waals surface area contributed by atoms with E-state index in [0.717, 1.165) is 0 Å². The van der Waals surface area contributed by atoms with E-state index in [4.69, 9.17) is 16.3 Å². The van der Waals surface area contributed by atoms with E-state index < -0.39 is 16.1 Å². The molecular formula is C14H19ClN4O3S. The van der Waals surface area contributed by atoms with Crippen LogP contribution in [0.3, 0.4) is 0 Å². The van der Waals surface area contributed by atoms with Gasteiger partial charge >= 0.3 is 6.01 Å². The minimum absolute atomic E-state index is 0.101. The second kappa shape index (κ2) is 7.29. The number of hydrogen-bond donors (Lipinski definition) is 1. The first-order valence-electron chi connectivity index (χ1n) is 7.22. The molecule has 0 saturated carbocycles. The maximum Gasteiger partial charge on any atom is 0.316 e. The third kappa shape index (κ3) is 4.01. The van der Waals surface area contributed by atoms with Crippen LogP contribution in [0.4, 0.5) is 0 Å². The Hall–Kier alpha value is -1.64. The molecule has 2 aromatic rings. The van der Waals surface area contributed by atoms with Crippen molar-refractivity contribution in [2.24, 2.45) is 0 Å². The first-order chi connectivity index (χ1) is 10.9. The van der Waals surface area contributed by atoms with Crippen LogP contribution in [-0.4, -0.2) is 29.8 Å². The monoisotopic (exact) mass is 358 g/mol. The summed E-state index contributed by atoms with van der Waals surface area (Å²) in [6.45, 7) is 6.49. The molecule has 0 aliphatic heterocycles. The number of rotatable bonds is 7. The highest BCUT2D eigenvalue weighted by Crippen LogP contribution is 2.21. The highest BCUT2D eigenvalue weighted by Gasteiger charge is 2.23. The average molecular weight is 359 g/mol. The molecule has 0 amide bonds. The number of nitrogens with zero attached hydrogens (tertiary/aromatic N) is 3. The lowest BCUT2D eigenvalue weighted by atomic mass is 10.3. The predicted octanol–water partition coefficient (Wildman–Crippen LogP) is 2.39. The zero-order valence-corrected chi connectivity index (χ0v) is 14.7. The van der Waals surface area contributed by atoms with Gasteiger partial charge in [-0.2, -0.15) is 0 Å². The Morgan fingerprint density at radius 1 is 1.35 bits per heavy atom. The van der Waals surface area contributed by atoms with Gasteiger partial charge in [-0.15, -0.1) is 5.10 Å². The quantitative estimate of drug-likeness (QED) is 0.821. The van der Waals surface area contributed by atoms with E-state index in [0.29, 0.717) is 30.0 Å². The lowest BCUT2D eigenvalue weighted by Gasteiger charge is -2.15. The molecule has 1 heterocycles. The maximum atomic E-state index is 12.4. The summed E-state index contributed by atoms with van der Waals surface area (Å²) in [5.74, 6) is 0.488. The molecule has 1 N–H and O–H groups in total. The van der Waals surface area contributed by atoms with Crippen molar-refractivity contribution in [3.63, 3.8) is 0 Å². The van der Waals surface area contributed by atoms with Gasteiger partial charge in [0.25, 0.3) is 0 Å². The number of benzene rings is 1. The Bertz CT molecular complexity index is 776. The molecule has 0 aliphatic carbocycles. The third-order valence-corrected chi connectivity index (χ3v) is 4.93. The molecule has 0 saturated heterocycles. The Balaban J connectivity index is 2.26. The van der Waals surface area contributed by atoms with Crippen LogP contribution in [0.15, 0.2) is 29.2 Å². The molecule has 0 radical (unpaired) electrons. The normalized spacial score (nSPS) is 13.0. The largest absolute Gasteiger partial charge is 0.464 e. The summed E-state index contributed by atoms with van der Waals surface area (Å²) >= 11 is 5.86. The van der Waals surface area contributed by atoms with Crippen LogP contribution in [0, 0.1) is 0 Å². The fourth-order valence-corrected chi connectivity index (χ4v) is 3.64. The fourth-order valence-electron chi connectivity index (χ4n) is 2.14. The molecule has 0 unspecified atom stereocenters. The number of sulfonamides is 1. The van der Waals surface area contributed by atoms with Crippen molar-refractivity contribution in [1.82, 2.24) is 19.5 Å². The van der Waals surface area contributed by atoms with E-state index in [-0.39, 0.29) is 4.90 Å². The summed E-state index contributed by atoms with van der Waals surface area (Å²) in [6.07, 6.45) is 0. The first kappa shape index (κ1) is 17.7. The molecule has 0 aliphatic rings. The molecule has 1 aromatic carbocycles. The summed E-state index contributed by atoms with van der Waals surface area (Å²) in [6, 6.07) is 5.89. The van der Waals surface area contributed by atoms with Gasteiger partial charge in [-0.25, -0.2) is 13.1 Å². The van der Waals surface area contributed by atoms with Crippen LogP contribution in [0.2, 0.25) is 5.02 Å². The highest BCUT2D eigenvalue weighted by atomic mass is 35.5. The summed E-state index contributed by atoms with van der Waals surface area (Å²) in [5, 5.41) is 8.34. The van der Waals surface area contributed by atoms with E-state index >= 15 is 0 Å². The highest BCUT2D eigenvalue weighted by molar-refractivity contribution is 7.89. The second-order valence-electron chi connectivity index (χ2n) is 4.82.